The number of aromatic amines is 1. The maximum absolute atomic E-state index is 12.2. The molecule has 32 heavy (non-hydrogen) atoms. The van der Waals surface area contributed by atoms with Gasteiger partial charge in [-0.2, -0.15) is 5.10 Å². The van der Waals surface area contributed by atoms with Crippen LogP contribution in [-0.2, 0) is 0 Å². The van der Waals surface area contributed by atoms with Crippen LogP contribution in [0.1, 0.15) is 17.0 Å². The molecule has 2 amide bonds. The van der Waals surface area contributed by atoms with E-state index in [0.29, 0.717) is 22.3 Å². The molecule has 162 valence electrons. The Balaban J connectivity index is 1.44. The lowest BCUT2D eigenvalue weighted by Gasteiger charge is -2.11. The van der Waals surface area contributed by atoms with Gasteiger partial charge in [0.1, 0.15) is 11.6 Å². The minimum Gasteiger partial charge on any atom is -0.325 e. The Morgan fingerprint density at radius 2 is 1.69 bits per heavy atom. The molecule has 0 radical (unpaired) electrons. The summed E-state index contributed by atoms with van der Waals surface area (Å²) < 4.78 is 0. The van der Waals surface area contributed by atoms with Crippen LogP contribution in [0.25, 0.3) is 0 Å². The average Bonchev–Trinajstić information content (AvgIpc) is 3.15. The number of aryl methyl sites for hydroxylation is 3. The van der Waals surface area contributed by atoms with E-state index in [4.69, 9.17) is 0 Å². The molecular formula is C22H22N8OS. The lowest BCUT2D eigenvalue weighted by atomic mass is 10.2. The summed E-state index contributed by atoms with van der Waals surface area (Å²) in [4.78, 5) is 26.3. The Morgan fingerprint density at radius 3 is 2.41 bits per heavy atom. The average molecular weight is 447 g/mol. The number of carbonyl (C=O) groups is 1. The summed E-state index contributed by atoms with van der Waals surface area (Å²) in [6.07, 6.45) is 3.24. The maximum Gasteiger partial charge on any atom is 0.323 e. The number of anilines is 4. The standard InChI is InChI=1S/C22H22N8OS/c1-13-10-17(26-21(31)25-16-6-8-23-9-7-16)4-5-18(13)32-22-24-14(2)11-19(28-22)27-20-12-15(3)29-30-20/h4-12H,1-3H3,(H2,23,25,26,31)(H2,24,27,28,29,30). The number of nitrogens with one attached hydrogen (secondary N) is 4. The first-order valence-corrected chi connectivity index (χ1v) is 10.7. The maximum atomic E-state index is 12.2. The van der Waals surface area contributed by atoms with Crippen molar-refractivity contribution < 1.29 is 4.79 Å². The van der Waals surface area contributed by atoms with Gasteiger partial charge in [-0.05, 0) is 68.4 Å². The summed E-state index contributed by atoms with van der Waals surface area (Å²) in [5.74, 6) is 1.46. The van der Waals surface area contributed by atoms with Gasteiger partial charge in [-0.15, -0.1) is 0 Å². The number of aromatic nitrogens is 5. The van der Waals surface area contributed by atoms with Crippen molar-refractivity contribution in [3.8, 4) is 0 Å². The normalized spacial score (nSPS) is 10.6. The molecule has 0 saturated heterocycles. The fourth-order valence-electron chi connectivity index (χ4n) is 2.94. The number of hydrogen-bond acceptors (Lipinski definition) is 7. The molecule has 3 aromatic heterocycles. The predicted octanol–water partition coefficient (Wildman–Crippen LogP) is 5.06. The van der Waals surface area contributed by atoms with Crippen LogP contribution in [0.15, 0.2) is 64.9 Å². The molecule has 0 atom stereocenters. The van der Waals surface area contributed by atoms with Crippen molar-refractivity contribution in [2.75, 3.05) is 16.0 Å². The van der Waals surface area contributed by atoms with E-state index in [2.05, 4.69) is 41.1 Å². The van der Waals surface area contributed by atoms with E-state index in [1.807, 2.05) is 51.1 Å². The molecule has 1 aromatic carbocycles. The van der Waals surface area contributed by atoms with E-state index in [9.17, 15) is 4.79 Å². The molecule has 0 aliphatic heterocycles. The summed E-state index contributed by atoms with van der Waals surface area (Å²) >= 11 is 1.47. The van der Waals surface area contributed by atoms with E-state index < -0.39 is 0 Å². The number of rotatable bonds is 6. The lowest BCUT2D eigenvalue weighted by Crippen LogP contribution is -2.19. The minimum absolute atomic E-state index is 0.317. The quantitative estimate of drug-likeness (QED) is 0.306. The highest BCUT2D eigenvalue weighted by atomic mass is 32.2. The second-order valence-electron chi connectivity index (χ2n) is 7.12. The summed E-state index contributed by atoms with van der Waals surface area (Å²) in [6.45, 7) is 5.82. The number of nitrogens with zero attached hydrogens (tertiary/aromatic N) is 4. The third-order valence-electron chi connectivity index (χ3n) is 4.37. The van der Waals surface area contributed by atoms with Crippen LogP contribution in [-0.4, -0.2) is 31.2 Å². The van der Waals surface area contributed by atoms with E-state index in [0.717, 1.165) is 27.7 Å². The number of benzene rings is 1. The van der Waals surface area contributed by atoms with Gasteiger partial charge in [-0.25, -0.2) is 14.8 Å². The van der Waals surface area contributed by atoms with Crippen molar-refractivity contribution in [3.63, 3.8) is 0 Å². The molecule has 4 N–H and O–H groups in total. The molecule has 0 spiro atoms. The van der Waals surface area contributed by atoms with Gasteiger partial charge in [0.25, 0.3) is 0 Å². The molecule has 9 nitrogen and oxygen atoms in total. The zero-order valence-corrected chi connectivity index (χ0v) is 18.6. The molecule has 0 fully saturated rings. The van der Waals surface area contributed by atoms with Gasteiger partial charge in [0.15, 0.2) is 5.16 Å². The molecule has 4 rings (SSSR count). The summed E-state index contributed by atoms with van der Waals surface area (Å²) in [6, 6.07) is 12.6. The molecule has 3 heterocycles. The van der Waals surface area contributed by atoms with Crippen LogP contribution in [0.5, 0.6) is 0 Å². The first-order chi connectivity index (χ1) is 15.4. The number of hydrogen-bond donors (Lipinski definition) is 4. The van der Waals surface area contributed by atoms with Crippen LogP contribution >= 0.6 is 11.8 Å². The Morgan fingerprint density at radius 1 is 0.906 bits per heavy atom. The number of amides is 2. The molecule has 0 saturated carbocycles. The highest BCUT2D eigenvalue weighted by Gasteiger charge is 2.10. The van der Waals surface area contributed by atoms with Gasteiger partial charge in [-0.1, -0.05) is 0 Å². The topological polar surface area (TPSA) is 121 Å². The number of urea groups is 1. The van der Waals surface area contributed by atoms with Gasteiger partial charge in [0.05, 0.1) is 5.69 Å². The van der Waals surface area contributed by atoms with Crippen LogP contribution in [0, 0.1) is 20.8 Å². The number of carbonyl (C=O) groups excluding carboxylic acids is 1. The van der Waals surface area contributed by atoms with Gasteiger partial charge in [0, 0.05) is 46.5 Å². The highest BCUT2D eigenvalue weighted by molar-refractivity contribution is 7.99. The third kappa shape index (κ3) is 5.61. The highest BCUT2D eigenvalue weighted by Crippen LogP contribution is 2.31. The first kappa shape index (κ1) is 21.3. The van der Waals surface area contributed by atoms with E-state index in [1.165, 1.54) is 11.8 Å². The van der Waals surface area contributed by atoms with Gasteiger partial charge < -0.3 is 16.0 Å². The van der Waals surface area contributed by atoms with Crippen molar-refractivity contribution in [2.45, 2.75) is 30.8 Å². The Bertz CT molecular complexity index is 1240. The predicted molar refractivity (Wildman–Crippen MR) is 126 cm³/mol. The van der Waals surface area contributed by atoms with Crippen LogP contribution in [0.3, 0.4) is 0 Å². The minimum atomic E-state index is -0.317. The Hall–Kier alpha value is -3.92. The molecule has 0 unspecified atom stereocenters. The van der Waals surface area contributed by atoms with Crippen molar-refractivity contribution >= 4 is 40.8 Å². The number of H-pyrrole nitrogens is 1. The van der Waals surface area contributed by atoms with Crippen molar-refractivity contribution in [1.82, 2.24) is 25.1 Å². The summed E-state index contributed by atoms with van der Waals surface area (Å²) in [5.41, 5.74) is 4.12. The molecule has 0 aliphatic rings. The second kappa shape index (κ2) is 9.48. The van der Waals surface area contributed by atoms with Crippen LogP contribution in [0.2, 0.25) is 0 Å². The van der Waals surface area contributed by atoms with Crippen molar-refractivity contribution in [1.29, 1.82) is 0 Å². The van der Waals surface area contributed by atoms with Gasteiger partial charge in [-0.3, -0.25) is 10.1 Å². The van der Waals surface area contributed by atoms with Crippen molar-refractivity contribution in [3.05, 3.63) is 71.8 Å². The van der Waals surface area contributed by atoms with Crippen LogP contribution < -0.4 is 16.0 Å². The van der Waals surface area contributed by atoms with E-state index in [-0.39, 0.29) is 6.03 Å². The second-order valence-corrected chi connectivity index (χ2v) is 8.13. The monoisotopic (exact) mass is 446 g/mol. The third-order valence-corrected chi connectivity index (χ3v) is 5.42. The van der Waals surface area contributed by atoms with E-state index >= 15 is 0 Å². The van der Waals surface area contributed by atoms with E-state index in [1.54, 1.807) is 24.5 Å². The van der Waals surface area contributed by atoms with Gasteiger partial charge >= 0.3 is 6.03 Å². The summed E-state index contributed by atoms with van der Waals surface area (Å²) in [5, 5.41) is 16.5. The zero-order chi connectivity index (χ0) is 22.5. The molecule has 0 aliphatic carbocycles. The van der Waals surface area contributed by atoms with Gasteiger partial charge in [0.2, 0.25) is 0 Å². The summed E-state index contributed by atoms with van der Waals surface area (Å²) in [7, 11) is 0. The SMILES string of the molecule is Cc1cc(Nc2cc(C)nc(Sc3ccc(NC(=O)Nc4ccncc4)cc3C)n2)[nH]n1. The zero-order valence-electron chi connectivity index (χ0n) is 17.8. The molecule has 4 aromatic rings. The molecular weight excluding hydrogens is 424 g/mol. The smallest absolute Gasteiger partial charge is 0.323 e. The fourth-order valence-corrected chi connectivity index (χ4v) is 3.83. The fraction of sp³-hybridized carbons (Fsp3) is 0.136. The molecule has 0 bridgehead atoms. The van der Waals surface area contributed by atoms with Crippen molar-refractivity contribution in [2.24, 2.45) is 0 Å². The number of pyridine rings is 1. The first-order valence-electron chi connectivity index (χ1n) is 9.86. The Kier molecular flexibility index (Phi) is 6.31. The molecule has 10 heteroatoms. The largest absolute Gasteiger partial charge is 0.325 e. The Labute approximate surface area is 189 Å². The van der Waals surface area contributed by atoms with Crippen LogP contribution in [0.4, 0.5) is 27.8 Å². The lowest BCUT2D eigenvalue weighted by molar-refractivity contribution is 0.262.